The van der Waals surface area contributed by atoms with Crippen LogP contribution in [0, 0.1) is 0 Å². The number of carbonyl (C=O) groups is 2. The Hall–Kier alpha value is -1.01. The van der Waals surface area contributed by atoms with Gasteiger partial charge in [0.2, 0.25) is 5.91 Å². The van der Waals surface area contributed by atoms with Crippen molar-refractivity contribution < 1.29 is 14.3 Å². The van der Waals surface area contributed by atoms with Gasteiger partial charge in [0.1, 0.15) is 11.1 Å². The van der Waals surface area contributed by atoms with Gasteiger partial charge < -0.3 is 15.8 Å². The maximum Gasteiger partial charge on any atom is 0.411 e. The molecular weight excluding hydrogens is 246 g/mol. The smallest absolute Gasteiger partial charge is 0.411 e. The van der Waals surface area contributed by atoms with Crippen LogP contribution in [0.4, 0.5) is 4.79 Å². The Morgan fingerprint density at radius 1 is 1.35 bits per heavy atom. The monoisotopic (exact) mass is 265 g/mol. The molecule has 0 spiro atoms. The van der Waals surface area contributed by atoms with Gasteiger partial charge in [-0.2, -0.15) is 0 Å². The second kappa shape index (κ2) is 5.10. The van der Waals surface area contributed by atoms with Gasteiger partial charge in [0.05, 0.1) is 0 Å². The number of rotatable bonds is 2. The number of hydrogen-bond acceptors (Lipinski definition) is 4. The Morgan fingerprint density at radius 2 is 1.82 bits per heavy atom. The Bertz CT molecular complexity index is 310. The van der Waals surface area contributed by atoms with Crippen molar-refractivity contribution in [2.75, 3.05) is 20.1 Å². The van der Waals surface area contributed by atoms with Crippen molar-refractivity contribution in [2.24, 2.45) is 5.73 Å². The minimum atomic E-state index is -0.942. The van der Waals surface area contributed by atoms with E-state index in [9.17, 15) is 9.59 Å². The van der Waals surface area contributed by atoms with Crippen molar-refractivity contribution in [3.05, 3.63) is 0 Å². The lowest BCUT2D eigenvalue weighted by atomic mass is 9.90. The summed E-state index contributed by atoms with van der Waals surface area (Å²) in [5.74, 6) is -0.514. The summed E-state index contributed by atoms with van der Waals surface area (Å²) in [6.07, 6.45) is -0.534. The quantitative estimate of drug-likeness (QED) is 0.742. The van der Waals surface area contributed by atoms with E-state index in [0.29, 0.717) is 13.1 Å². The highest BCUT2D eigenvalue weighted by Crippen LogP contribution is 2.21. The van der Waals surface area contributed by atoms with E-state index in [1.165, 1.54) is 11.9 Å². The molecule has 100 valence electrons. The number of nitrogens with zero attached hydrogens (tertiary/aromatic N) is 1. The average Bonchev–Trinajstić information content (AvgIpc) is 1.97. The zero-order valence-corrected chi connectivity index (χ0v) is 11.4. The molecule has 0 aromatic carbocycles. The molecule has 1 fully saturated rings. The van der Waals surface area contributed by atoms with Crippen LogP contribution in [-0.4, -0.2) is 48.2 Å². The van der Waals surface area contributed by atoms with Crippen LogP contribution in [0.5, 0.6) is 0 Å². The number of nitrogens with one attached hydrogen (secondary N) is 1. The van der Waals surface area contributed by atoms with E-state index in [4.69, 9.17) is 10.5 Å². The Morgan fingerprint density at radius 3 is 2.06 bits per heavy atom. The highest BCUT2D eigenvalue weighted by atomic mass is 35.5. The van der Waals surface area contributed by atoms with E-state index in [2.05, 4.69) is 5.32 Å². The predicted molar refractivity (Wildman–Crippen MR) is 66.0 cm³/mol. The number of hydrogen-bond donors (Lipinski definition) is 2. The summed E-state index contributed by atoms with van der Waals surface area (Å²) in [6, 6.07) is 0. The van der Waals surface area contributed by atoms with Gasteiger partial charge in [-0.25, -0.2) is 4.79 Å². The first-order valence-electron chi connectivity index (χ1n) is 5.16. The van der Waals surface area contributed by atoms with Crippen LogP contribution in [-0.2, 0) is 9.53 Å². The third-order valence-electron chi connectivity index (χ3n) is 2.60. The number of nitrogens with two attached hydrogens (primary N) is 1. The van der Waals surface area contributed by atoms with E-state index in [1.54, 1.807) is 20.8 Å². The second-order valence-electron chi connectivity index (χ2n) is 5.04. The lowest BCUT2D eigenvalue weighted by molar-refractivity contribution is -0.132. The highest BCUT2D eigenvalue weighted by molar-refractivity contribution is 5.90. The third-order valence-corrected chi connectivity index (χ3v) is 2.60. The zero-order valence-electron chi connectivity index (χ0n) is 10.6. The van der Waals surface area contributed by atoms with Crippen molar-refractivity contribution in [3.63, 3.8) is 0 Å². The summed E-state index contributed by atoms with van der Waals surface area (Å²) in [4.78, 5) is 24.4. The van der Waals surface area contributed by atoms with Crippen molar-refractivity contribution in [2.45, 2.75) is 31.9 Å². The number of carbonyl (C=O) groups excluding carboxylic acids is 2. The lowest BCUT2D eigenvalue weighted by Gasteiger charge is -2.46. The summed E-state index contributed by atoms with van der Waals surface area (Å²) < 4.78 is 5.18. The van der Waals surface area contributed by atoms with Crippen LogP contribution in [0.3, 0.4) is 0 Å². The van der Waals surface area contributed by atoms with Gasteiger partial charge >= 0.3 is 6.09 Å². The normalized spacial score (nSPS) is 17.4. The third kappa shape index (κ3) is 3.23. The van der Waals surface area contributed by atoms with Crippen LogP contribution < -0.4 is 11.1 Å². The molecule has 0 aliphatic carbocycles. The van der Waals surface area contributed by atoms with E-state index >= 15 is 0 Å². The standard InChI is InChI=1S/C10H19N3O3.ClH/c1-9(2,3)16-8(15)13(4)10(7(11)14)5-12-6-10;/h12H,5-6H2,1-4H3,(H2,11,14);1H. The molecule has 1 rings (SSSR count). The summed E-state index contributed by atoms with van der Waals surface area (Å²) in [5.41, 5.74) is 3.78. The fourth-order valence-corrected chi connectivity index (χ4v) is 1.44. The molecular formula is C10H20ClN3O3. The first-order chi connectivity index (χ1) is 7.19. The first-order valence-corrected chi connectivity index (χ1v) is 5.16. The molecule has 7 heteroatoms. The molecule has 0 atom stereocenters. The van der Waals surface area contributed by atoms with Gasteiger partial charge in [-0.3, -0.25) is 9.69 Å². The van der Waals surface area contributed by atoms with Gasteiger partial charge in [-0.05, 0) is 20.8 Å². The van der Waals surface area contributed by atoms with Gasteiger partial charge in [-0.15, -0.1) is 12.4 Å². The topological polar surface area (TPSA) is 84.7 Å². The minimum Gasteiger partial charge on any atom is -0.444 e. The van der Waals surface area contributed by atoms with Crippen LogP contribution in [0.2, 0.25) is 0 Å². The maximum absolute atomic E-state index is 11.8. The van der Waals surface area contributed by atoms with Crippen LogP contribution in [0.1, 0.15) is 20.8 Å². The Labute approximate surface area is 107 Å². The van der Waals surface area contributed by atoms with E-state index in [1.807, 2.05) is 0 Å². The Balaban J connectivity index is 0.00000256. The van der Waals surface area contributed by atoms with Crippen LogP contribution >= 0.6 is 12.4 Å². The van der Waals surface area contributed by atoms with E-state index < -0.39 is 23.1 Å². The van der Waals surface area contributed by atoms with E-state index in [0.717, 1.165) is 0 Å². The molecule has 0 bridgehead atoms. The van der Waals surface area contributed by atoms with Gasteiger partial charge in [0, 0.05) is 20.1 Å². The van der Waals surface area contributed by atoms with Crippen LogP contribution in [0.15, 0.2) is 0 Å². The Kier molecular flexibility index (Phi) is 4.79. The summed E-state index contributed by atoms with van der Waals surface area (Å²) in [6.45, 7) is 6.06. The minimum absolute atomic E-state index is 0. The van der Waals surface area contributed by atoms with Crippen molar-refractivity contribution in [1.82, 2.24) is 10.2 Å². The largest absolute Gasteiger partial charge is 0.444 e. The molecule has 17 heavy (non-hydrogen) atoms. The molecule has 6 nitrogen and oxygen atoms in total. The van der Waals surface area contributed by atoms with Gasteiger partial charge in [0.25, 0.3) is 0 Å². The predicted octanol–water partition coefficient (Wildman–Crippen LogP) is 0.102. The van der Waals surface area contributed by atoms with E-state index in [-0.39, 0.29) is 12.4 Å². The molecule has 3 N–H and O–H groups in total. The summed E-state index contributed by atoms with van der Waals surface area (Å²) >= 11 is 0. The second-order valence-corrected chi connectivity index (χ2v) is 5.04. The molecule has 1 heterocycles. The van der Waals surface area contributed by atoms with Crippen molar-refractivity contribution in [3.8, 4) is 0 Å². The van der Waals surface area contributed by atoms with Gasteiger partial charge in [0.15, 0.2) is 0 Å². The van der Waals surface area contributed by atoms with Crippen LogP contribution in [0.25, 0.3) is 0 Å². The molecule has 2 amide bonds. The molecule has 1 saturated heterocycles. The van der Waals surface area contributed by atoms with Gasteiger partial charge in [-0.1, -0.05) is 0 Å². The molecule has 0 aromatic heterocycles. The van der Waals surface area contributed by atoms with Crippen molar-refractivity contribution >= 4 is 24.4 Å². The highest BCUT2D eigenvalue weighted by Gasteiger charge is 2.49. The summed E-state index contributed by atoms with van der Waals surface area (Å²) in [7, 11) is 1.53. The molecule has 1 aliphatic rings. The first kappa shape index (κ1) is 16.0. The van der Waals surface area contributed by atoms with Crippen molar-refractivity contribution in [1.29, 1.82) is 0 Å². The zero-order chi connectivity index (χ0) is 12.6. The SMILES string of the molecule is CN(C(=O)OC(C)(C)C)C1(C(N)=O)CNC1.Cl. The average molecular weight is 266 g/mol. The molecule has 1 aliphatic heterocycles. The lowest BCUT2D eigenvalue weighted by Crippen LogP contribution is -2.75. The summed E-state index contributed by atoms with van der Waals surface area (Å²) in [5, 5.41) is 2.93. The fourth-order valence-electron chi connectivity index (χ4n) is 1.44. The number of ether oxygens (including phenoxy) is 1. The number of halogens is 1. The number of primary amides is 1. The molecule has 0 saturated carbocycles. The fraction of sp³-hybridized carbons (Fsp3) is 0.800. The molecule has 0 aromatic rings. The molecule has 0 unspecified atom stereocenters. The maximum atomic E-state index is 11.8. The number of amides is 2. The molecule has 0 radical (unpaired) electrons. The number of likely N-dealkylation sites (N-methyl/N-ethyl adjacent to an activating group) is 1.